The fourth-order valence-electron chi connectivity index (χ4n) is 1.54. The zero-order valence-corrected chi connectivity index (χ0v) is 11.5. The number of carbonyl (C=O) groups is 2. The Hall–Kier alpha value is -2.02. The van der Waals surface area contributed by atoms with Crippen LogP contribution in [0.4, 0.5) is 0 Å². The van der Waals surface area contributed by atoms with Crippen LogP contribution < -0.4 is 5.32 Å². The predicted molar refractivity (Wildman–Crippen MR) is 71.4 cm³/mol. The largest absolute Gasteiger partial charge is 0.350 e. The molecule has 1 N–H and O–H groups in total. The molecule has 2 rings (SSSR count). The van der Waals surface area contributed by atoms with Gasteiger partial charge in [-0.2, -0.15) is 0 Å². The lowest BCUT2D eigenvalue weighted by Gasteiger charge is -2.00. The van der Waals surface area contributed by atoms with E-state index in [1.807, 2.05) is 12.1 Å². The Labute approximate surface area is 114 Å². The number of rotatable bonds is 5. The first-order valence-electron chi connectivity index (χ1n) is 5.80. The van der Waals surface area contributed by atoms with Crippen LogP contribution in [0.15, 0.2) is 18.3 Å². The number of nitrogens with one attached hydrogen (secondary N) is 1. The molecule has 0 spiro atoms. The first kappa shape index (κ1) is 13.4. The van der Waals surface area contributed by atoms with Gasteiger partial charge in [-0.3, -0.25) is 14.3 Å². The normalized spacial score (nSPS) is 10.4. The van der Waals surface area contributed by atoms with Crippen molar-refractivity contribution in [3.63, 3.8) is 0 Å². The van der Waals surface area contributed by atoms with E-state index < -0.39 is 0 Å². The van der Waals surface area contributed by atoms with Crippen molar-refractivity contribution in [3.8, 4) is 0 Å². The Morgan fingerprint density at radius 3 is 2.79 bits per heavy atom. The molecule has 0 aromatic carbocycles. The van der Waals surface area contributed by atoms with Crippen LogP contribution in [0.5, 0.6) is 0 Å². The van der Waals surface area contributed by atoms with E-state index in [1.54, 1.807) is 20.2 Å². The van der Waals surface area contributed by atoms with E-state index in [9.17, 15) is 9.59 Å². The number of aromatic nitrogens is 3. The Balaban J connectivity index is 1.83. The molecular weight excluding hydrogens is 264 g/mol. The van der Waals surface area contributed by atoms with Crippen LogP contribution >= 0.6 is 11.3 Å². The average molecular weight is 278 g/mol. The first-order chi connectivity index (χ1) is 9.06. The molecule has 0 aliphatic heterocycles. The standard InChI is InChI=1S/C12H14N4O2S/c1-8(17)11-4-3-9(19-11)5-6-13-12(18)10-7-16(2)15-14-10/h3-4,7H,5-6H2,1-2H3,(H,13,18). The molecule has 0 fully saturated rings. The molecule has 0 radical (unpaired) electrons. The summed E-state index contributed by atoms with van der Waals surface area (Å²) in [7, 11) is 1.71. The maximum Gasteiger partial charge on any atom is 0.273 e. The number of aryl methyl sites for hydroxylation is 1. The Bertz CT molecular complexity index is 602. The highest BCUT2D eigenvalue weighted by Gasteiger charge is 2.09. The Morgan fingerprint density at radius 1 is 1.42 bits per heavy atom. The van der Waals surface area contributed by atoms with E-state index in [-0.39, 0.29) is 11.7 Å². The molecule has 0 bridgehead atoms. The highest BCUT2D eigenvalue weighted by Crippen LogP contribution is 2.17. The molecule has 0 saturated carbocycles. The molecule has 2 aromatic rings. The number of ketones is 1. The van der Waals surface area contributed by atoms with E-state index in [0.717, 1.165) is 9.75 Å². The summed E-state index contributed by atoms with van der Waals surface area (Å²) in [6, 6.07) is 3.72. The lowest BCUT2D eigenvalue weighted by Crippen LogP contribution is -2.25. The molecule has 0 saturated heterocycles. The average Bonchev–Trinajstić information content (AvgIpc) is 2.98. The van der Waals surface area contributed by atoms with Gasteiger partial charge in [0, 0.05) is 18.5 Å². The van der Waals surface area contributed by atoms with Crippen LogP contribution in [0.25, 0.3) is 0 Å². The molecule has 1 amide bonds. The van der Waals surface area contributed by atoms with Gasteiger partial charge in [-0.15, -0.1) is 16.4 Å². The van der Waals surface area contributed by atoms with Crippen LogP contribution in [0, 0.1) is 0 Å². The molecular formula is C12H14N4O2S. The third-order valence-corrected chi connectivity index (χ3v) is 3.75. The highest BCUT2D eigenvalue weighted by atomic mass is 32.1. The quantitative estimate of drug-likeness (QED) is 0.829. The second kappa shape index (κ2) is 5.75. The summed E-state index contributed by atoms with van der Waals surface area (Å²) in [6.45, 7) is 2.05. The number of hydrogen-bond acceptors (Lipinski definition) is 5. The molecule has 0 aliphatic rings. The van der Waals surface area contributed by atoms with Crippen molar-refractivity contribution in [2.45, 2.75) is 13.3 Å². The zero-order valence-electron chi connectivity index (χ0n) is 10.7. The van der Waals surface area contributed by atoms with E-state index >= 15 is 0 Å². The van der Waals surface area contributed by atoms with Gasteiger partial charge in [0.15, 0.2) is 11.5 Å². The van der Waals surface area contributed by atoms with E-state index in [2.05, 4.69) is 15.6 Å². The van der Waals surface area contributed by atoms with Gasteiger partial charge in [-0.05, 0) is 25.5 Å². The lowest BCUT2D eigenvalue weighted by atomic mass is 10.3. The SMILES string of the molecule is CC(=O)c1ccc(CCNC(=O)c2cn(C)nn2)s1. The van der Waals surface area contributed by atoms with Gasteiger partial charge < -0.3 is 5.32 Å². The molecule has 7 heteroatoms. The fourth-order valence-corrected chi connectivity index (χ4v) is 2.45. The molecule has 0 unspecified atom stereocenters. The molecule has 2 aromatic heterocycles. The fraction of sp³-hybridized carbons (Fsp3) is 0.333. The summed E-state index contributed by atoms with van der Waals surface area (Å²) < 4.78 is 1.48. The summed E-state index contributed by atoms with van der Waals surface area (Å²) >= 11 is 1.46. The van der Waals surface area contributed by atoms with Gasteiger partial charge in [0.1, 0.15) is 0 Å². The molecule has 2 heterocycles. The summed E-state index contributed by atoms with van der Waals surface area (Å²) in [5.74, 6) is -0.170. The Morgan fingerprint density at radius 2 is 2.21 bits per heavy atom. The van der Waals surface area contributed by atoms with Gasteiger partial charge in [-0.1, -0.05) is 5.21 Å². The number of nitrogens with zero attached hydrogens (tertiary/aromatic N) is 3. The van der Waals surface area contributed by atoms with Crippen molar-refractivity contribution >= 4 is 23.0 Å². The molecule has 0 atom stereocenters. The predicted octanol–water partition coefficient (Wildman–Crippen LogP) is 1.05. The second-order valence-corrected chi connectivity index (χ2v) is 5.27. The zero-order chi connectivity index (χ0) is 13.8. The summed E-state index contributed by atoms with van der Waals surface area (Å²) in [5.41, 5.74) is 0.304. The van der Waals surface area contributed by atoms with Gasteiger partial charge in [0.25, 0.3) is 5.91 Å². The van der Waals surface area contributed by atoms with Crippen LogP contribution in [-0.4, -0.2) is 33.2 Å². The van der Waals surface area contributed by atoms with Gasteiger partial charge >= 0.3 is 0 Å². The van der Waals surface area contributed by atoms with Crippen LogP contribution in [0.3, 0.4) is 0 Å². The van der Waals surface area contributed by atoms with Crippen molar-refractivity contribution in [1.29, 1.82) is 0 Å². The number of amides is 1. The second-order valence-electron chi connectivity index (χ2n) is 4.11. The molecule has 6 nitrogen and oxygen atoms in total. The topological polar surface area (TPSA) is 76.9 Å². The van der Waals surface area contributed by atoms with Gasteiger partial charge in [0.05, 0.1) is 11.1 Å². The van der Waals surface area contributed by atoms with E-state index in [1.165, 1.54) is 16.0 Å². The minimum atomic E-state index is -0.239. The van der Waals surface area contributed by atoms with E-state index in [4.69, 9.17) is 0 Å². The lowest BCUT2D eigenvalue weighted by molar-refractivity contribution is 0.0948. The monoisotopic (exact) mass is 278 g/mol. The third kappa shape index (κ3) is 3.47. The smallest absolute Gasteiger partial charge is 0.273 e. The van der Waals surface area contributed by atoms with Crippen molar-refractivity contribution in [2.75, 3.05) is 6.54 Å². The minimum absolute atomic E-state index is 0.0693. The molecule has 0 aliphatic carbocycles. The summed E-state index contributed by atoms with van der Waals surface area (Å²) in [5, 5.41) is 10.2. The van der Waals surface area contributed by atoms with E-state index in [0.29, 0.717) is 18.7 Å². The van der Waals surface area contributed by atoms with Gasteiger partial charge in [-0.25, -0.2) is 0 Å². The van der Waals surface area contributed by atoms with Crippen LogP contribution in [-0.2, 0) is 13.5 Å². The number of carbonyl (C=O) groups excluding carboxylic acids is 2. The van der Waals surface area contributed by atoms with Crippen molar-refractivity contribution in [2.24, 2.45) is 7.05 Å². The molecule has 100 valence electrons. The Kier molecular flexibility index (Phi) is 4.06. The maximum absolute atomic E-state index is 11.7. The van der Waals surface area contributed by atoms with Crippen molar-refractivity contribution in [3.05, 3.63) is 33.8 Å². The van der Waals surface area contributed by atoms with Crippen LogP contribution in [0.1, 0.15) is 32.0 Å². The van der Waals surface area contributed by atoms with Crippen molar-refractivity contribution in [1.82, 2.24) is 20.3 Å². The summed E-state index contributed by atoms with van der Waals surface area (Å²) in [6.07, 6.45) is 2.26. The number of thiophene rings is 1. The highest BCUT2D eigenvalue weighted by molar-refractivity contribution is 7.14. The minimum Gasteiger partial charge on any atom is -0.350 e. The summed E-state index contributed by atoms with van der Waals surface area (Å²) in [4.78, 5) is 24.7. The van der Waals surface area contributed by atoms with Gasteiger partial charge in [0.2, 0.25) is 0 Å². The maximum atomic E-state index is 11.7. The third-order valence-electron chi connectivity index (χ3n) is 2.50. The number of Topliss-reactive ketones (excluding diaryl/α,β-unsaturated/α-hetero) is 1. The van der Waals surface area contributed by atoms with Crippen LogP contribution in [0.2, 0.25) is 0 Å². The molecule has 19 heavy (non-hydrogen) atoms. The van der Waals surface area contributed by atoms with Crippen molar-refractivity contribution < 1.29 is 9.59 Å². The number of hydrogen-bond donors (Lipinski definition) is 1. The first-order valence-corrected chi connectivity index (χ1v) is 6.62.